The van der Waals surface area contributed by atoms with E-state index in [1.807, 2.05) is 0 Å². The first-order valence-corrected chi connectivity index (χ1v) is 5.05. The second kappa shape index (κ2) is 4.82. The second-order valence-corrected chi connectivity index (χ2v) is 4.38. The summed E-state index contributed by atoms with van der Waals surface area (Å²) in [4.78, 5) is 25.7. The molecular formula is C11H15N3O3. The highest BCUT2D eigenvalue weighted by molar-refractivity contribution is 5.94. The SMILES string of the molecule is CC(C)(CC(N)=O)Nc1cnccc1C(=O)O. The van der Waals surface area contributed by atoms with Crippen LogP contribution in [0.3, 0.4) is 0 Å². The van der Waals surface area contributed by atoms with Crippen LogP contribution in [0.2, 0.25) is 0 Å². The third kappa shape index (κ3) is 3.75. The molecule has 0 bridgehead atoms. The van der Waals surface area contributed by atoms with E-state index in [-0.39, 0.29) is 12.0 Å². The van der Waals surface area contributed by atoms with Gasteiger partial charge in [0.1, 0.15) is 0 Å². The topological polar surface area (TPSA) is 105 Å². The number of nitrogens with zero attached hydrogens (tertiary/aromatic N) is 1. The predicted octanol–water partition coefficient (Wildman–Crippen LogP) is 0.846. The summed E-state index contributed by atoms with van der Waals surface area (Å²) in [5.41, 5.74) is 4.97. The average Bonchev–Trinajstić information content (AvgIpc) is 2.14. The number of aromatic nitrogens is 1. The molecule has 1 aromatic rings. The average molecular weight is 237 g/mol. The fourth-order valence-corrected chi connectivity index (χ4v) is 1.52. The monoisotopic (exact) mass is 237 g/mol. The van der Waals surface area contributed by atoms with Gasteiger partial charge in [0.05, 0.1) is 17.4 Å². The minimum Gasteiger partial charge on any atom is -0.478 e. The Morgan fingerprint density at radius 3 is 2.71 bits per heavy atom. The molecule has 0 unspecified atom stereocenters. The van der Waals surface area contributed by atoms with E-state index in [9.17, 15) is 9.59 Å². The Labute approximate surface area is 98.8 Å². The van der Waals surface area contributed by atoms with Crippen molar-refractivity contribution < 1.29 is 14.7 Å². The number of nitrogens with one attached hydrogen (secondary N) is 1. The van der Waals surface area contributed by atoms with E-state index in [1.165, 1.54) is 18.5 Å². The standard InChI is InChI=1S/C11H15N3O3/c1-11(2,5-9(12)15)14-8-6-13-4-3-7(8)10(16)17/h3-4,6,14H,5H2,1-2H3,(H2,12,15)(H,16,17). The van der Waals surface area contributed by atoms with Crippen molar-refractivity contribution >= 4 is 17.6 Å². The summed E-state index contributed by atoms with van der Waals surface area (Å²) in [5, 5.41) is 11.9. The molecule has 0 aliphatic rings. The van der Waals surface area contributed by atoms with Crippen LogP contribution in [-0.4, -0.2) is 27.5 Å². The molecule has 0 radical (unpaired) electrons. The van der Waals surface area contributed by atoms with E-state index >= 15 is 0 Å². The summed E-state index contributed by atoms with van der Waals surface area (Å²) in [5.74, 6) is -1.51. The zero-order valence-electron chi connectivity index (χ0n) is 9.73. The van der Waals surface area contributed by atoms with Gasteiger partial charge in [-0.2, -0.15) is 0 Å². The molecule has 17 heavy (non-hydrogen) atoms. The van der Waals surface area contributed by atoms with E-state index in [2.05, 4.69) is 10.3 Å². The third-order valence-corrected chi connectivity index (χ3v) is 2.14. The smallest absolute Gasteiger partial charge is 0.337 e. The Morgan fingerprint density at radius 2 is 2.18 bits per heavy atom. The van der Waals surface area contributed by atoms with Crippen molar-refractivity contribution in [1.82, 2.24) is 4.98 Å². The fourth-order valence-electron chi connectivity index (χ4n) is 1.52. The number of rotatable bonds is 5. The first-order chi connectivity index (χ1) is 7.82. The molecule has 0 fully saturated rings. The molecule has 0 spiro atoms. The minimum atomic E-state index is -1.05. The lowest BCUT2D eigenvalue weighted by Gasteiger charge is -2.26. The van der Waals surface area contributed by atoms with Crippen molar-refractivity contribution in [3.8, 4) is 0 Å². The molecule has 6 heteroatoms. The molecule has 0 aromatic carbocycles. The number of pyridine rings is 1. The molecule has 0 saturated heterocycles. The highest BCUT2D eigenvalue weighted by atomic mass is 16.4. The third-order valence-electron chi connectivity index (χ3n) is 2.14. The van der Waals surface area contributed by atoms with Gasteiger partial charge in [-0.15, -0.1) is 0 Å². The Kier molecular flexibility index (Phi) is 3.67. The van der Waals surface area contributed by atoms with Gasteiger partial charge >= 0.3 is 5.97 Å². The molecule has 6 nitrogen and oxygen atoms in total. The van der Waals surface area contributed by atoms with Crippen LogP contribution in [0.4, 0.5) is 5.69 Å². The van der Waals surface area contributed by atoms with Crippen LogP contribution >= 0.6 is 0 Å². The van der Waals surface area contributed by atoms with Crippen molar-refractivity contribution in [2.24, 2.45) is 5.73 Å². The summed E-state index contributed by atoms with van der Waals surface area (Å²) < 4.78 is 0. The van der Waals surface area contributed by atoms with Crippen LogP contribution in [0, 0.1) is 0 Å². The molecule has 92 valence electrons. The molecule has 1 aromatic heterocycles. The van der Waals surface area contributed by atoms with E-state index in [1.54, 1.807) is 13.8 Å². The molecule has 1 rings (SSSR count). The van der Waals surface area contributed by atoms with Crippen LogP contribution in [0.25, 0.3) is 0 Å². The Balaban J connectivity index is 2.95. The van der Waals surface area contributed by atoms with Crippen molar-refractivity contribution in [3.05, 3.63) is 24.0 Å². The quantitative estimate of drug-likeness (QED) is 0.703. The molecule has 0 saturated carbocycles. The van der Waals surface area contributed by atoms with Gasteiger partial charge in [0.2, 0.25) is 5.91 Å². The predicted molar refractivity (Wildman–Crippen MR) is 62.7 cm³/mol. The molecule has 1 heterocycles. The Bertz CT molecular complexity index is 443. The second-order valence-electron chi connectivity index (χ2n) is 4.38. The van der Waals surface area contributed by atoms with Gasteiger partial charge in [-0.1, -0.05) is 0 Å². The molecule has 1 amide bonds. The number of hydrogen-bond donors (Lipinski definition) is 3. The van der Waals surface area contributed by atoms with E-state index in [4.69, 9.17) is 10.8 Å². The number of carboxylic acids is 1. The molecule has 0 aliphatic heterocycles. The normalized spacial score (nSPS) is 10.9. The number of primary amides is 1. The molecule has 4 N–H and O–H groups in total. The highest BCUT2D eigenvalue weighted by Crippen LogP contribution is 2.20. The largest absolute Gasteiger partial charge is 0.478 e. The number of carbonyl (C=O) groups is 2. The van der Waals surface area contributed by atoms with Crippen molar-refractivity contribution in [1.29, 1.82) is 0 Å². The number of aromatic carboxylic acids is 1. The molecule has 0 aliphatic carbocycles. The zero-order chi connectivity index (χ0) is 13.1. The van der Waals surface area contributed by atoms with Crippen LogP contribution in [0.5, 0.6) is 0 Å². The highest BCUT2D eigenvalue weighted by Gasteiger charge is 2.22. The number of nitrogens with two attached hydrogens (primary N) is 1. The maximum atomic E-state index is 11.0. The summed E-state index contributed by atoms with van der Waals surface area (Å²) in [6, 6.07) is 1.39. The number of hydrogen-bond acceptors (Lipinski definition) is 4. The summed E-state index contributed by atoms with van der Waals surface area (Å²) in [6.07, 6.45) is 2.91. The molecule has 0 atom stereocenters. The van der Waals surface area contributed by atoms with Gasteiger partial charge in [-0.3, -0.25) is 9.78 Å². The number of amides is 1. The van der Waals surface area contributed by atoms with Crippen LogP contribution in [0.1, 0.15) is 30.6 Å². The van der Waals surface area contributed by atoms with Gasteiger partial charge in [-0.05, 0) is 19.9 Å². The minimum absolute atomic E-state index is 0.0982. The van der Waals surface area contributed by atoms with Crippen LogP contribution in [-0.2, 0) is 4.79 Å². The summed E-state index contributed by atoms with van der Waals surface area (Å²) in [7, 11) is 0. The lowest BCUT2D eigenvalue weighted by molar-refractivity contribution is -0.118. The van der Waals surface area contributed by atoms with E-state index in [0.717, 1.165) is 0 Å². The molecular weight excluding hydrogens is 222 g/mol. The van der Waals surface area contributed by atoms with Crippen molar-refractivity contribution in [2.75, 3.05) is 5.32 Å². The summed E-state index contributed by atoms with van der Waals surface area (Å²) >= 11 is 0. The first kappa shape index (κ1) is 13.0. The maximum absolute atomic E-state index is 11.0. The summed E-state index contributed by atoms with van der Waals surface area (Å²) in [6.45, 7) is 3.52. The van der Waals surface area contributed by atoms with Gasteiger partial charge in [0.25, 0.3) is 0 Å². The lowest BCUT2D eigenvalue weighted by atomic mass is 9.99. The Morgan fingerprint density at radius 1 is 1.53 bits per heavy atom. The number of anilines is 1. The van der Waals surface area contributed by atoms with Crippen LogP contribution < -0.4 is 11.1 Å². The van der Waals surface area contributed by atoms with Crippen LogP contribution in [0.15, 0.2) is 18.5 Å². The van der Waals surface area contributed by atoms with Gasteiger partial charge < -0.3 is 16.2 Å². The number of carboxylic acid groups (broad SMARTS) is 1. The van der Waals surface area contributed by atoms with E-state index < -0.39 is 17.4 Å². The number of carbonyl (C=O) groups excluding carboxylic acids is 1. The van der Waals surface area contributed by atoms with E-state index in [0.29, 0.717) is 5.69 Å². The zero-order valence-corrected chi connectivity index (χ0v) is 9.73. The van der Waals surface area contributed by atoms with Gasteiger partial charge in [-0.25, -0.2) is 4.79 Å². The van der Waals surface area contributed by atoms with Crippen molar-refractivity contribution in [3.63, 3.8) is 0 Å². The Hall–Kier alpha value is -2.11. The lowest BCUT2D eigenvalue weighted by Crippen LogP contribution is -2.36. The fraction of sp³-hybridized carbons (Fsp3) is 0.364. The first-order valence-electron chi connectivity index (χ1n) is 5.05. The van der Waals surface area contributed by atoms with Crippen molar-refractivity contribution in [2.45, 2.75) is 25.8 Å². The van der Waals surface area contributed by atoms with Gasteiger partial charge in [0.15, 0.2) is 0 Å². The van der Waals surface area contributed by atoms with Gasteiger partial charge in [0, 0.05) is 18.2 Å². The maximum Gasteiger partial charge on any atom is 0.337 e.